The highest BCUT2D eigenvalue weighted by Gasteiger charge is 2.18. The number of hydrogen-bond donors (Lipinski definition) is 2. The van der Waals surface area contributed by atoms with Crippen molar-refractivity contribution in [2.75, 3.05) is 5.32 Å². The summed E-state index contributed by atoms with van der Waals surface area (Å²) in [6, 6.07) is 9.65. The van der Waals surface area contributed by atoms with Crippen LogP contribution < -0.4 is 10.9 Å². The lowest BCUT2D eigenvalue weighted by atomic mass is 9.98. The Bertz CT molecular complexity index is 1530. The van der Waals surface area contributed by atoms with Crippen LogP contribution in [-0.2, 0) is 11.2 Å². The SMILES string of the molecule is Cc1coc2c(C)c3oc(=O)c(CCC(=O)Nc4ccc5[nH]ccc5c4)c(C)c3cc12. The number of H-pyrrole nitrogens is 1. The number of fused-ring (bicyclic) bond motifs is 3. The molecule has 156 valence electrons. The van der Waals surface area contributed by atoms with E-state index in [2.05, 4.69) is 10.3 Å². The molecule has 2 aromatic carbocycles. The van der Waals surface area contributed by atoms with Crippen LogP contribution in [0.4, 0.5) is 5.69 Å². The summed E-state index contributed by atoms with van der Waals surface area (Å²) in [5.41, 5.74) is 5.83. The molecular weight excluding hydrogens is 392 g/mol. The van der Waals surface area contributed by atoms with E-state index in [1.807, 2.05) is 57.3 Å². The quantitative estimate of drug-likeness (QED) is 0.379. The molecule has 0 spiro atoms. The number of aromatic amines is 1. The highest BCUT2D eigenvalue weighted by molar-refractivity contribution is 6.00. The van der Waals surface area contributed by atoms with Crippen LogP contribution in [-0.4, -0.2) is 10.9 Å². The molecule has 3 heterocycles. The number of carbonyl (C=O) groups is 1. The lowest BCUT2D eigenvalue weighted by molar-refractivity contribution is -0.116. The molecule has 6 nitrogen and oxygen atoms in total. The van der Waals surface area contributed by atoms with E-state index < -0.39 is 5.63 Å². The Kier molecular flexibility index (Phi) is 4.43. The highest BCUT2D eigenvalue weighted by Crippen LogP contribution is 2.32. The molecule has 5 rings (SSSR count). The fraction of sp³-hybridized carbons (Fsp3) is 0.200. The third kappa shape index (κ3) is 3.20. The van der Waals surface area contributed by atoms with Crippen LogP contribution in [0, 0.1) is 20.8 Å². The van der Waals surface area contributed by atoms with Crippen LogP contribution in [0.5, 0.6) is 0 Å². The maximum Gasteiger partial charge on any atom is 0.339 e. The molecule has 2 N–H and O–H groups in total. The van der Waals surface area contributed by atoms with Gasteiger partial charge in [-0.1, -0.05) is 0 Å². The fourth-order valence-corrected chi connectivity index (χ4v) is 4.20. The zero-order valence-electron chi connectivity index (χ0n) is 17.6. The summed E-state index contributed by atoms with van der Waals surface area (Å²) in [4.78, 5) is 28.4. The molecule has 0 unspecified atom stereocenters. The van der Waals surface area contributed by atoms with Crippen molar-refractivity contribution in [1.82, 2.24) is 4.98 Å². The molecule has 31 heavy (non-hydrogen) atoms. The van der Waals surface area contributed by atoms with Crippen LogP contribution in [0.3, 0.4) is 0 Å². The lowest BCUT2D eigenvalue weighted by Gasteiger charge is -2.10. The standard InChI is InChI=1S/C25H22N2O4/c1-13-12-30-23-15(3)24-20(11-19(13)23)14(2)18(25(29)31-24)5-7-22(28)27-17-4-6-21-16(10-17)8-9-26-21/h4,6,8-12,26H,5,7H2,1-3H3,(H,27,28). The van der Waals surface area contributed by atoms with Crippen molar-refractivity contribution < 1.29 is 13.6 Å². The second kappa shape index (κ2) is 7.16. The first kappa shape index (κ1) is 19.2. The van der Waals surface area contributed by atoms with E-state index in [1.54, 1.807) is 6.26 Å². The summed E-state index contributed by atoms with van der Waals surface area (Å²) in [5, 5.41) is 5.82. The minimum Gasteiger partial charge on any atom is -0.464 e. The molecule has 0 radical (unpaired) electrons. The van der Waals surface area contributed by atoms with Gasteiger partial charge in [0.05, 0.1) is 6.26 Å². The molecule has 0 saturated heterocycles. The fourth-order valence-electron chi connectivity index (χ4n) is 4.20. The van der Waals surface area contributed by atoms with Crippen molar-refractivity contribution in [1.29, 1.82) is 0 Å². The summed E-state index contributed by atoms with van der Waals surface area (Å²) >= 11 is 0. The lowest BCUT2D eigenvalue weighted by Crippen LogP contribution is -2.16. The van der Waals surface area contributed by atoms with Crippen LogP contribution in [0.1, 0.15) is 28.7 Å². The molecule has 5 aromatic rings. The van der Waals surface area contributed by atoms with Gasteiger partial charge in [-0.3, -0.25) is 4.79 Å². The molecule has 3 aromatic heterocycles. The zero-order valence-corrected chi connectivity index (χ0v) is 17.6. The number of aryl methyl sites for hydroxylation is 3. The third-order valence-electron chi connectivity index (χ3n) is 5.97. The minimum atomic E-state index is -0.405. The normalized spacial score (nSPS) is 11.6. The predicted molar refractivity (Wildman–Crippen MR) is 122 cm³/mol. The van der Waals surface area contributed by atoms with Gasteiger partial charge in [0.25, 0.3) is 0 Å². The molecule has 0 fully saturated rings. The van der Waals surface area contributed by atoms with Crippen molar-refractivity contribution in [3.05, 3.63) is 75.5 Å². The highest BCUT2D eigenvalue weighted by atomic mass is 16.4. The van der Waals surface area contributed by atoms with E-state index in [1.165, 1.54) is 0 Å². The van der Waals surface area contributed by atoms with Gasteiger partial charge in [-0.2, -0.15) is 0 Å². The number of aromatic nitrogens is 1. The van der Waals surface area contributed by atoms with Gasteiger partial charge in [0.1, 0.15) is 11.2 Å². The van der Waals surface area contributed by atoms with Gasteiger partial charge < -0.3 is 19.1 Å². The van der Waals surface area contributed by atoms with Crippen LogP contribution in [0.15, 0.2) is 56.4 Å². The molecule has 0 aliphatic carbocycles. The van der Waals surface area contributed by atoms with Crippen LogP contribution in [0.2, 0.25) is 0 Å². The van der Waals surface area contributed by atoms with E-state index >= 15 is 0 Å². The first-order valence-corrected chi connectivity index (χ1v) is 10.2. The predicted octanol–water partition coefficient (Wildman–Crippen LogP) is 5.52. The van der Waals surface area contributed by atoms with Crippen molar-refractivity contribution in [3.8, 4) is 0 Å². The maximum absolute atomic E-state index is 12.7. The summed E-state index contributed by atoms with van der Waals surface area (Å²) in [6.45, 7) is 5.79. The summed E-state index contributed by atoms with van der Waals surface area (Å²) in [5.74, 6) is -0.147. The van der Waals surface area contributed by atoms with Gasteiger partial charge in [0.2, 0.25) is 5.91 Å². The topological polar surface area (TPSA) is 88.2 Å². The van der Waals surface area contributed by atoms with Gasteiger partial charge in [-0.15, -0.1) is 0 Å². The number of hydrogen-bond acceptors (Lipinski definition) is 4. The average molecular weight is 414 g/mol. The van der Waals surface area contributed by atoms with E-state index in [0.717, 1.165) is 49.6 Å². The Morgan fingerprint density at radius 2 is 1.87 bits per heavy atom. The van der Waals surface area contributed by atoms with Gasteiger partial charge in [-0.25, -0.2) is 4.79 Å². The minimum absolute atomic E-state index is 0.147. The molecule has 0 bridgehead atoms. The van der Waals surface area contributed by atoms with Crippen molar-refractivity contribution in [3.63, 3.8) is 0 Å². The first-order chi connectivity index (χ1) is 14.9. The van der Waals surface area contributed by atoms with Gasteiger partial charge in [0, 0.05) is 51.1 Å². The number of anilines is 1. The molecular formula is C25H22N2O4. The Morgan fingerprint density at radius 1 is 1.03 bits per heavy atom. The van der Waals surface area contributed by atoms with E-state index in [9.17, 15) is 9.59 Å². The molecule has 6 heteroatoms. The van der Waals surface area contributed by atoms with Crippen LogP contribution >= 0.6 is 0 Å². The second-order valence-electron chi connectivity index (χ2n) is 7.99. The molecule has 0 atom stereocenters. The van der Waals surface area contributed by atoms with E-state index in [4.69, 9.17) is 8.83 Å². The molecule has 1 amide bonds. The van der Waals surface area contributed by atoms with Crippen molar-refractivity contribution in [2.24, 2.45) is 0 Å². The smallest absolute Gasteiger partial charge is 0.339 e. The molecule has 0 aliphatic heterocycles. The first-order valence-electron chi connectivity index (χ1n) is 10.2. The summed E-state index contributed by atoms with van der Waals surface area (Å²) in [7, 11) is 0. The number of rotatable bonds is 4. The third-order valence-corrected chi connectivity index (χ3v) is 5.97. The van der Waals surface area contributed by atoms with E-state index in [0.29, 0.717) is 17.6 Å². The Balaban J connectivity index is 1.43. The van der Waals surface area contributed by atoms with Gasteiger partial charge in [-0.05, 0) is 68.7 Å². The summed E-state index contributed by atoms with van der Waals surface area (Å²) in [6.07, 6.45) is 4.07. The number of furan rings is 1. The largest absolute Gasteiger partial charge is 0.464 e. The van der Waals surface area contributed by atoms with Crippen LogP contribution in [0.25, 0.3) is 32.8 Å². The number of nitrogens with one attached hydrogen (secondary N) is 2. The Labute approximate surface area is 177 Å². The average Bonchev–Trinajstić information content (AvgIpc) is 3.35. The molecule has 0 saturated carbocycles. The zero-order chi connectivity index (χ0) is 21.7. The maximum atomic E-state index is 12.7. The monoisotopic (exact) mass is 414 g/mol. The number of carbonyl (C=O) groups excluding carboxylic acids is 1. The van der Waals surface area contributed by atoms with E-state index in [-0.39, 0.29) is 12.3 Å². The van der Waals surface area contributed by atoms with Gasteiger partial charge in [0.15, 0.2) is 0 Å². The van der Waals surface area contributed by atoms with Gasteiger partial charge >= 0.3 is 5.63 Å². The molecule has 0 aliphatic rings. The number of amides is 1. The Hall–Kier alpha value is -3.80. The second-order valence-corrected chi connectivity index (χ2v) is 7.99. The van der Waals surface area contributed by atoms with Crippen molar-refractivity contribution >= 4 is 44.4 Å². The summed E-state index contributed by atoms with van der Waals surface area (Å²) < 4.78 is 11.3. The Morgan fingerprint density at radius 3 is 2.71 bits per heavy atom. The van der Waals surface area contributed by atoms with Crippen molar-refractivity contribution in [2.45, 2.75) is 33.6 Å². The number of benzene rings is 2.